The second-order valence-electron chi connectivity index (χ2n) is 5.20. The van der Waals surface area contributed by atoms with Crippen LogP contribution in [0.2, 0.25) is 0 Å². The van der Waals surface area contributed by atoms with Crippen molar-refractivity contribution < 1.29 is 9.90 Å². The van der Waals surface area contributed by atoms with E-state index in [-0.39, 0.29) is 0 Å². The van der Waals surface area contributed by atoms with E-state index in [1.165, 1.54) is 0 Å². The summed E-state index contributed by atoms with van der Waals surface area (Å²) in [5, 5.41) is 12.7. The van der Waals surface area contributed by atoms with Gasteiger partial charge in [0.15, 0.2) is 0 Å². The fraction of sp³-hybridized carbons (Fsp3) is 0.615. The van der Waals surface area contributed by atoms with E-state index in [0.29, 0.717) is 24.6 Å². The number of carboxylic acid groups (broad SMARTS) is 1. The summed E-state index contributed by atoms with van der Waals surface area (Å²) >= 11 is 0. The Labute approximate surface area is 107 Å². The Morgan fingerprint density at radius 1 is 1.50 bits per heavy atom. The summed E-state index contributed by atoms with van der Waals surface area (Å²) in [6.07, 6.45) is 6.49. The fourth-order valence-electron chi connectivity index (χ4n) is 2.67. The van der Waals surface area contributed by atoms with Crippen LogP contribution in [0, 0.1) is 12.8 Å². The molecule has 0 aliphatic heterocycles. The Balaban J connectivity index is 2.26. The number of carboxylic acids is 1. The normalized spacial score (nSPS) is 27.8. The number of nitrogens with one attached hydrogen (secondary N) is 1. The van der Waals surface area contributed by atoms with Crippen molar-refractivity contribution in [3.8, 4) is 0 Å². The van der Waals surface area contributed by atoms with Crippen LogP contribution in [0.25, 0.3) is 0 Å². The zero-order valence-corrected chi connectivity index (χ0v) is 10.8. The number of aryl methyl sites for hydroxylation is 1. The Morgan fingerprint density at radius 2 is 2.22 bits per heavy atom. The van der Waals surface area contributed by atoms with Crippen LogP contribution in [0.1, 0.15) is 38.3 Å². The van der Waals surface area contributed by atoms with Gasteiger partial charge in [-0.05, 0) is 25.7 Å². The smallest absolute Gasteiger partial charge is 0.329 e. The molecule has 1 heterocycles. The van der Waals surface area contributed by atoms with E-state index >= 15 is 0 Å². The fourth-order valence-corrected chi connectivity index (χ4v) is 2.67. The van der Waals surface area contributed by atoms with Gasteiger partial charge in [0.05, 0.1) is 5.69 Å². The molecule has 1 aromatic rings. The first kappa shape index (κ1) is 12.8. The van der Waals surface area contributed by atoms with Gasteiger partial charge in [-0.25, -0.2) is 9.78 Å². The zero-order chi connectivity index (χ0) is 13.2. The van der Waals surface area contributed by atoms with Gasteiger partial charge in [0, 0.05) is 12.4 Å². The molecule has 18 heavy (non-hydrogen) atoms. The predicted molar refractivity (Wildman–Crippen MR) is 68.4 cm³/mol. The molecule has 0 saturated heterocycles. The van der Waals surface area contributed by atoms with E-state index in [2.05, 4.69) is 22.2 Å². The summed E-state index contributed by atoms with van der Waals surface area (Å²) in [7, 11) is 0. The van der Waals surface area contributed by atoms with Crippen LogP contribution in [0.4, 0.5) is 5.82 Å². The molecule has 2 N–H and O–H groups in total. The number of anilines is 1. The predicted octanol–water partition coefficient (Wildman–Crippen LogP) is 2.23. The number of nitrogens with zero attached hydrogens (tertiary/aromatic N) is 2. The molecule has 0 aromatic carbocycles. The third-order valence-electron chi connectivity index (χ3n) is 3.65. The second kappa shape index (κ2) is 4.92. The molecule has 0 spiro atoms. The summed E-state index contributed by atoms with van der Waals surface area (Å²) in [5.41, 5.74) is -0.158. The summed E-state index contributed by atoms with van der Waals surface area (Å²) in [5.74, 6) is 0.201. The highest BCUT2D eigenvalue weighted by molar-refractivity contribution is 5.82. The van der Waals surface area contributed by atoms with Crippen LogP contribution >= 0.6 is 0 Å². The molecule has 1 aliphatic carbocycles. The van der Waals surface area contributed by atoms with Crippen molar-refractivity contribution in [1.29, 1.82) is 0 Å². The molecule has 2 unspecified atom stereocenters. The van der Waals surface area contributed by atoms with Gasteiger partial charge in [-0.2, -0.15) is 0 Å². The molecule has 2 atom stereocenters. The number of aromatic nitrogens is 2. The standard InChI is InChI=1S/C13H19N3O2/c1-9-4-3-5-13(8-9,12(17)18)16-11-10(2)14-6-7-15-11/h6-7,9H,3-5,8H2,1-2H3,(H,15,16)(H,17,18). The van der Waals surface area contributed by atoms with Crippen LogP contribution in [-0.4, -0.2) is 26.6 Å². The highest BCUT2D eigenvalue weighted by Crippen LogP contribution is 2.35. The molecule has 0 bridgehead atoms. The van der Waals surface area contributed by atoms with E-state index in [9.17, 15) is 9.90 Å². The maximum absolute atomic E-state index is 11.6. The van der Waals surface area contributed by atoms with Crippen molar-refractivity contribution in [2.75, 3.05) is 5.32 Å². The van der Waals surface area contributed by atoms with E-state index in [1.807, 2.05) is 6.92 Å². The Hall–Kier alpha value is -1.65. The molecular weight excluding hydrogens is 230 g/mol. The Bertz CT molecular complexity index is 450. The average molecular weight is 249 g/mol. The molecule has 2 rings (SSSR count). The van der Waals surface area contributed by atoms with Crippen LogP contribution < -0.4 is 5.32 Å². The molecule has 1 fully saturated rings. The molecular formula is C13H19N3O2. The number of carbonyl (C=O) groups is 1. The topological polar surface area (TPSA) is 75.1 Å². The third-order valence-corrected chi connectivity index (χ3v) is 3.65. The molecule has 1 saturated carbocycles. The highest BCUT2D eigenvalue weighted by Gasteiger charge is 2.42. The van der Waals surface area contributed by atoms with Crippen molar-refractivity contribution in [3.63, 3.8) is 0 Å². The first-order valence-corrected chi connectivity index (χ1v) is 6.33. The summed E-state index contributed by atoms with van der Waals surface area (Å²) < 4.78 is 0. The first-order chi connectivity index (χ1) is 8.53. The first-order valence-electron chi connectivity index (χ1n) is 6.33. The molecule has 1 aliphatic rings. The average Bonchev–Trinajstić information content (AvgIpc) is 2.32. The summed E-state index contributed by atoms with van der Waals surface area (Å²) in [6, 6.07) is 0. The minimum atomic E-state index is -0.890. The number of aliphatic carboxylic acids is 1. The van der Waals surface area contributed by atoms with E-state index < -0.39 is 11.5 Å². The maximum Gasteiger partial charge on any atom is 0.329 e. The number of rotatable bonds is 3. The van der Waals surface area contributed by atoms with Gasteiger partial charge in [-0.3, -0.25) is 4.98 Å². The minimum Gasteiger partial charge on any atom is -0.480 e. The van der Waals surface area contributed by atoms with Gasteiger partial charge in [0.25, 0.3) is 0 Å². The van der Waals surface area contributed by atoms with Gasteiger partial charge < -0.3 is 10.4 Å². The van der Waals surface area contributed by atoms with Crippen LogP contribution in [0.5, 0.6) is 0 Å². The number of hydrogen-bond donors (Lipinski definition) is 2. The van der Waals surface area contributed by atoms with Crippen LogP contribution in [0.3, 0.4) is 0 Å². The quantitative estimate of drug-likeness (QED) is 0.859. The van der Waals surface area contributed by atoms with Crippen molar-refractivity contribution in [2.45, 2.75) is 45.1 Å². The van der Waals surface area contributed by atoms with Gasteiger partial charge in [-0.1, -0.05) is 19.8 Å². The third kappa shape index (κ3) is 2.44. The van der Waals surface area contributed by atoms with Gasteiger partial charge in [-0.15, -0.1) is 0 Å². The molecule has 5 nitrogen and oxygen atoms in total. The van der Waals surface area contributed by atoms with E-state index in [4.69, 9.17) is 0 Å². The Morgan fingerprint density at radius 3 is 2.83 bits per heavy atom. The highest BCUT2D eigenvalue weighted by atomic mass is 16.4. The van der Waals surface area contributed by atoms with E-state index in [0.717, 1.165) is 18.5 Å². The second-order valence-corrected chi connectivity index (χ2v) is 5.20. The monoisotopic (exact) mass is 249 g/mol. The van der Waals surface area contributed by atoms with Gasteiger partial charge in [0.1, 0.15) is 11.4 Å². The largest absolute Gasteiger partial charge is 0.480 e. The van der Waals surface area contributed by atoms with Crippen LogP contribution in [0.15, 0.2) is 12.4 Å². The Kier molecular flexibility index (Phi) is 3.50. The molecule has 5 heteroatoms. The van der Waals surface area contributed by atoms with Crippen molar-refractivity contribution in [1.82, 2.24) is 9.97 Å². The lowest BCUT2D eigenvalue weighted by molar-refractivity contribution is -0.144. The van der Waals surface area contributed by atoms with Crippen LogP contribution in [-0.2, 0) is 4.79 Å². The minimum absolute atomic E-state index is 0.416. The summed E-state index contributed by atoms with van der Waals surface area (Å²) in [4.78, 5) is 20.0. The molecule has 1 aromatic heterocycles. The van der Waals surface area contributed by atoms with Crippen molar-refractivity contribution in [2.24, 2.45) is 5.92 Å². The molecule has 0 radical (unpaired) electrons. The van der Waals surface area contributed by atoms with Gasteiger partial charge in [0.2, 0.25) is 0 Å². The molecule has 98 valence electrons. The summed E-state index contributed by atoms with van der Waals surface area (Å²) in [6.45, 7) is 3.93. The lowest BCUT2D eigenvalue weighted by Crippen LogP contribution is -2.50. The zero-order valence-electron chi connectivity index (χ0n) is 10.8. The van der Waals surface area contributed by atoms with Crippen molar-refractivity contribution in [3.05, 3.63) is 18.1 Å². The van der Waals surface area contributed by atoms with Gasteiger partial charge >= 0.3 is 5.97 Å². The lowest BCUT2D eigenvalue weighted by Gasteiger charge is -2.37. The SMILES string of the molecule is Cc1nccnc1NC1(C(=O)O)CCCC(C)C1. The number of hydrogen-bond acceptors (Lipinski definition) is 4. The lowest BCUT2D eigenvalue weighted by atomic mass is 9.76. The maximum atomic E-state index is 11.6. The van der Waals surface area contributed by atoms with E-state index in [1.54, 1.807) is 12.4 Å². The molecule has 0 amide bonds. The van der Waals surface area contributed by atoms with Crippen molar-refractivity contribution >= 4 is 11.8 Å².